The zero-order valence-corrected chi connectivity index (χ0v) is 18.5. The van der Waals surface area contributed by atoms with Gasteiger partial charge < -0.3 is 15.8 Å². The number of nitrogen functional groups attached to an aromatic ring is 1. The third kappa shape index (κ3) is 3.33. The maximum Gasteiger partial charge on any atom is 0.271 e. The Morgan fingerprint density at radius 1 is 1.41 bits per heavy atom. The summed E-state index contributed by atoms with van der Waals surface area (Å²) in [7, 11) is 0. The van der Waals surface area contributed by atoms with Crippen molar-refractivity contribution in [3.8, 4) is 0 Å². The van der Waals surface area contributed by atoms with Crippen molar-refractivity contribution in [2.45, 2.75) is 38.0 Å². The Balaban J connectivity index is 1.19. The van der Waals surface area contributed by atoms with E-state index in [4.69, 9.17) is 26.2 Å². The number of hydrogen-bond acceptors (Lipinski definition) is 8. The number of carbonyl (C=O) groups is 1. The first kappa shape index (κ1) is 17.7. The Morgan fingerprint density at radius 2 is 2.32 bits per heavy atom. The molecule has 5 aromatic rings. The van der Waals surface area contributed by atoms with Crippen molar-refractivity contribution in [2.75, 3.05) is 5.73 Å². The molecular formula is C21H21ClN10O2. The number of aryl methyl sites for hydroxylation is 1. The normalized spacial score (nSPS) is 20.1. The topological polar surface area (TPSA) is 154 Å². The van der Waals surface area contributed by atoms with E-state index in [1.54, 1.807) is 18.3 Å². The van der Waals surface area contributed by atoms with E-state index in [0.717, 1.165) is 23.9 Å². The minimum atomic E-state index is -2.48. The highest BCUT2D eigenvalue weighted by Crippen LogP contribution is 2.27. The number of ether oxygens (including phenoxy) is 1. The molecule has 1 aromatic carbocycles. The lowest BCUT2D eigenvalue weighted by Crippen LogP contribution is -2.41. The van der Waals surface area contributed by atoms with Gasteiger partial charge in [-0.3, -0.25) is 9.89 Å². The van der Waals surface area contributed by atoms with Crippen LogP contribution in [0.25, 0.3) is 27.6 Å². The summed E-state index contributed by atoms with van der Waals surface area (Å²) in [4.78, 5) is 17.5. The first-order valence-electron chi connectivity index (χ1n) is 12.1. The van der Waals surface area contributed by atoms with Gasteiger partial charge in [0.2, 0.25) is 0 Å². The van der Waals surface area contributed by atoms with Gasteiger partial charge in [-0.15, -0.1) is 5.10 Å². The summed E-state index contributed by atoms with van der Waals surface area (Å²) >= 11 is 6.26. The van der Waals surface area contributed by atoms with Gasteiger partial charge in [0.1, 0.15) is 11.0 Å². The summed E-state index contributed by atoms with van der Waals surface area (Å²) < 4.78 is 31.4. The summed E-state index contributed by atoms with van der Waals surface area (Å²) in [5.41, 5.74) is 8.98. The van der Waals surface area contributed by atoms with Crippen molar-refractivity contribution in [1.29, 1.82) is 0 Å². The number of halogens is 1. The number of carbonyl (C=O) groups excluding carboxylic acids is 1. The predicted octanol–water partition coefficient (Wildman–Crippen LogP) is 1.99. The highest BCUT2D eigenvalue weighted by molar-refractivity contribution is 6.34. The molecule has 13 heteroatoms. The maximum absolute atomic E-state index is 13.2. The molecule has 6 rings (SSSR count). The molecule has 0 bridgehead atoms. The van der Waals surface area contributed by atoms with Gasteiger partial charge in [0.05, 0.1) is 47.7 Å². The molecule has 4 heterocycles. The Bertz CT molecular complexity index is 1660. The van der Waals surface area contributed by atoms with Crippen LogP contribution in [0, 0.1) is 0 Å². The van der Waals surface area contributed by atoms with Crippen molar-refractivity contribution >= 4 is 50.8 Å². The number of aromatic amines is 1. The Morgan fingerprint density at radius 3 is 3.21 bits per heavy atom. The van der Waals surface area contributed by atoms with Crippen LogP contribution in [0.5, 0.6) is 0 Å². The standard InChI is InChI=1S/C21H21ClN10O2/c1-31-14-6-10(5-12(23)18(14)28-30-31)9-34-16-4-2-3-13(16)26-21(33)15-8-24-20-17-11(7-25-27-17)19(22)29-32(15)20/h5-8,13,16H,2-4,9,23H2,1H3,(H,25,27)(H,26,33)/t13-,16-/m1/s1/i1D3. The lowest BCUT2D eigenvalue weighted by molar-refractivity contribution is 0.0271. The van der Waals surface area contributed by atoms with Crippen LogP contribution in [0.3, 0.4) is 0 Å². The molecule has 1 aliphatic carbocycles. The van der Waals surface area contributed by atoms with Crippen molar-refractivity contribution in [3.05, 3.63) is 40.9 Å². The third-order valence-corrected chi connectivity index (χ3v) is 6.40. The zero-order chi connectivity index (χ0) is 25.9. The number of aromatic nitrogens is 8. The smallest absolute Gasteiger partial charge is 0.271 e. The fourth-order valence-electron chi connectivity index (χ4n) is 4.46. The van der Waals surface area contributed by atoms with Crippen LogP contribution in [-0.4, -0.2) is 57.8 Å². The monoisotopic (exact) mass is 483 g/mol. The summed E-state index contributed by atoms with van der Waals surface area (Å²) in [5.74, 6) is -0.353. The van der Waals surface area contributed by atoms with Gasteiger partial charge in [-0.05, 0) is 37.0 Å². The van der Waals surface area contributed by atoms with Crippen molar-refractivity contribution in [1.82, 2.24) is 45.1 Å². The molecule has 1 amide bonds. The summed E-state index contributed by atoms with van der Waals surface area (Å²) in [6.45, 7) is -2.31. The van der Waals surface area contributed by atoms with Gasteiger partial charge in [-0.25, -0.2) is 14.2 Å². The molecule has 1 saturated carbocycles. The van der Waals surface area contributed by atoms with E-state index in [2.05, 4.69) is 35.9 Å². The molecule has 4 N–H and O–H groups in total. The van der Waals surface area contributed by atoms with Gasteiger partial charge in [0.25, 0.3) is 5.91 Å². The number of fused-ring (bicyclic) bond motifs is 4. The Hall–Kier alpha value is -3.77. The fourth-order valence-corrected chi connectivity index (χ4v) is 4.68. The van der Waals surface area contributed by atoms with E-state index in [1.807, 2.05) is 0 Å². The SMILES string of the molecule is [2H]C([2H])([2H])n1nnc2c(N)cc(CO[C@@H]3CCC[C@H]3NC(=O)c3cnc4c5[nH]ncc5c(Cl)nn34)cc21. The number of H-pyrrole nitrogens is 1. The second-order valence-electron chi connectivity index (χ2n) is 8.24. The number of benzene rings is 1. The van der Waals surface area contributed by atoms with Gasteiger partial charge in [-0.1, -0.05) is 16.8 Å². The van der Waals surface area contributed by atoms with Crippen LogP contribution in [-0.2, 0) is 18.3 Å². The predicted molar refractivity (Wildman–Crippen MR) is 124 cm³/mol. The maximum atomic E-state index is 13.2. The van der Waals surface area contributed by atoms with Crippen molar-refractivity contribution in [3.63, 3.8) is 0 Å². The number of imidazole rings is 1. The highest BCUT2D eigenvalue weighted by Gasteiger charge is 2.31. The molecule has 0 radical (unpaired) electrons. The van der Waals surface area contributed by atoms with E-state index in [9.17, 15) is 4.79 Å². The van der Waals surface area contributed by atoms with Crippen LogP contribution >= 0.6 is 11.6 Å². The molecule has 2 atom stereocenters. The fraction of sp³-hybridized carbons (Fsp3) is 0.333. The summed E-state index contributed by atoms with van der Waals surface area (Å²) in [6.07, 6.45) is 5.12. The van der Waals surface area contributed by atoms with Crippen molar-refractivity contribution < 1.29 is 13.6 Å². The number of nitrogens with zero attached hydrogens (tertiary/aromatic N) is 7. The van der Waals surface area contributed by atoms with E-state index in [1.165, 1.54) is 10.7 Å². The lowest BCUT2D eigenvalue weighted by Gasteiger charge is -2.21. The molecule has 34 heavy (non-hydrogen) atoms. The second kappa shape index (κ2) is 7.92. The number of nitrogens with one attached hydrogen (secondary N) is 2. The largest absolute Gasteiger partial charge is 0.397 e. The van der Waals surface area contributed by atoms with Gasteiger partial charge >= 0.3 is 0 Å². The third-order valence-electron chi connectivity index (χ3n) is 6.12. The first-order valence-corrected chi connectivity index (χ1v) is 11.0. The van der Waals surface area contributed by atoms with Crippen LogP contribution in [0.4, 0.5) is 5.69 Å². The molecule has 174 valence electrons. The number of nitrogens with two attached hydrogens (primary N) is 1. The number of anilines is 1. The summed E-state index contributed by atoms with van der Waals surface area (Å²) in [6, 6.07) is 3.11. The minimum Gasteiger partial charge on any atom is -0.397 e. The second-order valence-corrected chi connectivity index (χ2v) is 8.60. The molecule has 0 unspecified atom stereocenters. The first-order chi connectivity index (χ1) is 17.7. The van der Waals surface area contributed by atoms with Crippen LogP contribution in [0.2, 0.25) is 5.15 Å². The van der Waals surface area contributed by atoms with Gasteiger partial charge in [-0.2, -0.15) is 10.2 Å². The molecule has 12 nitrogen and oxygen atoms in total. The Kier molecular flexibility index (Phi) is 4.12. The number of rotatable bonds is 5. The minimum absolute atomic E-state index is 0.175. The lowest BCUT2D eigenvalue weighted by atomic mass is 10.1. The summed E-state index contributed by atoms with van der Waals surface area (Å²) in [5, 5.41) is 22.6. The van der Waals surface area contributed by atoms with Gasteiger partial charge in [0.15, 0.2) is 16.5 Å². The highest BCUT2D eigenvalue weighted by atomic mass is 35.5. The molecule has 0 saturated heterocycles. The molecule has 0 aliphatic heterocycles. The molecule has 1 aliphatic rings. The van der Waals surface area contributed by atoms with Crippen LogP contribution in [0.1, 0.15) is 39.4 Å². The zero-order valence-electron chi connectivity index (χ0n) is 20.7. The van der Waals surface area contributed by atoms with E-state index < -0.39 is 6.98 Å². The average molecular weight is 484 g/mol. The van der Waals surface area contributed by atoms with E-state index >= 15 is 0 Å². The Labute approximate surface area is 201 Å². The quantitative estimate of drug-likeness (QED) is 0.320. The van der Waals surface area contributed by atoms with Crippen LogP contribution in [0.15, 0.2) is 24.5 Å². The molecule has 1 fully saturated rings. The average Bonchev–Trinajstić information content (AvgIpc) is 3.62. The van der Waals surface area contributed by atoms with E-state index in [0.29, 0.717) is 38.8 Å². The molecular weight excluding hydrogens is 460 g/mol. The number of amides is 1. The number of hydrogen-bond donors (Lipinski definition) is 3. The molecule has 4 aromatic heterocycles. The van der Waals surface area contributed by atoms with Gasteiger partial charge in [0, 0.05) is 11.1 Å². The van der Waals surface area contributed by atoms with E-state index in [-0.39, 0.29) is 35.5 Å². The molecule has 0 spiro atoms. The van der Waals surface area contributed by atoms with Crippen LogP contribution < -0.4 is 11.1 Å². The van der Waals surface area contributed by atoms with Crippen molar-refractivity contribution in [2.24, 2.45) is 6.98 Å².